The number of aryl methyl sites for hydroxylation is 2. The lowest BCUT2D eigenvalue weighted by Gasteiger charge is -2.09. The number of rotatable bonds is 8. The lowest BCUT2D eigenvalue weighted by molar-refractivity contribution is -0.121. The van der Waals surface area contributed by atoms with Gasteiger partial charge in [-0.3, -0.25) is 9.59 Å². The second kappa shape index (κ2) is 9.64. The molecule has 7 nitrogen and oxygen atoms in total. The number of hydrogen-bond acceptors (Lipinski definition) is 5. The molecule has 2 aromatic carbocycles. The highest BCUT2D eigenvalue weighted by atomic mass is 16.5. The van der Waals surface area contributed by atoms with E-state index in [-0.39, 0.29) is 18.2 Å². The molecule has 1 heterocycles. The molecule has 0 radical (unpaired) electrons. The number of carbonyl (C=O) groups is 2. The fourth-order valence-electron chi connectivity index (χ4n) is 2.72. The molecule has 3 aromatic rings. The molecule has 0 spiro atoms. The summed E-state index contributed by atoms with van der Waals surface area (Å²) in [5.74, 6) is 0.397. The molecule has 7 heteroatoms. The van der Waals surface area contributed by atoms with Gasteiger partial charge in [0.1, 0.15) is 5.75 Å². The average Bonchev–Trinajstić information content (AvgIpc) is 2.72. The summed E-state index contributed by atoms with van der Waals surface area (Å²) in [6.07, 6.45) is 0.255. The molecule has 2 N–H and O–H groups in total. The molecule has 29 heavy (non-hydrogen) atoms. The summed E-state index contributed by atoms with van der Waals surface area (Å²) in [5, 5.41) is 5.56. The zero-order valence-electron chi connectivity index (χ0n) is 16.6. The van der Waals surface area contributed by atoms with Crippen LogP contribution in [-0.4, -0.2) is 41.5 Å². The van der Waals surface area contributed by atoms with Crippen molar-refractivity contribution in [3.8, 4) is 5.75 Å². The van der Waals surface area contributed by atoms with Crippen molar-refractivity contribution in [2.24, 2.45) is 0 Å². The van der Waals surface area contributed by atoms with E-state index in [2.05, 4.69) is 20.6 Å². The van der Waals surface area contributed by atoms with Crippen molar-refractivity contribution in [1.29, 1.82) is 0 Å². The minimum absolute atomic E-state index is 0.123. The molecular weight excluding hydrogens is 368 g/mol. The molecule has 3 rings (SSSR count). The SMILES string of the molecule is Cc1nc2ccc(C(=O)NCCNC(=O)CCOc3ccccc3)cc2nc1C. The molecule has 0 aliphatic carbocycles. The van der Waals surface area contributed by atoms with Crippen LogP contribution in [-0.2, 0) is 4.79 Å². The molecule has 150 valence electrons. The number of nitrogens with one attached hydrogen (secondary N) is 2. The average molecular weight is 392 g/mol. The van der Waals surface area contributed by atoms with Gasteiger partial charge in [0.25, 0.3) is 5.91 Å². The Morgan fingerprint density at radius 2 is 1.59 bits per heavy atom. The zero-order valence-corrected chi connectivity index (χ0v) is 16.6. The van der Waals surface area contributed by atoms with Crippen LogP contribution in [0, 0.1) is 13.8 Å². The van der Waals surface area contributed by atoms with Crippen molar-refractivity contribution in [3.05, 3.63) is 65.5 Å². The van der Waals surface area contributed by atoms with E-state index in [9.17, 15) is 9.59 Å². The Bertz CT molecular complexity index is 1010. The van der Waals surface area contributed by atoms with Crippen molar-refractivity contribution < 1.29 is 14.3 Å². The molecule has 0 saturated heterocycles. The molecule has 0 saturated carbocycles. The topological polar surface area (TPSA) is 93.2 Å². The maximum Gasteiger partial charge on any atom is 0.251 e. The van der Waals surface area contributed by atoms with Gasteiger partial charge in [-0.15, -0.1) is 0 Å². The first-order valence-corrected chi connectivity index (χ1v) is 9.50. The maximum absolute atomic E-state index is 12.3. The van der Waals surface area contributed by atoms with Crippen LogP contribution < -0.4 is 15.4 Å². The van der Waals surface area contributed by atoms with Gasteiger partial charge in [0.2, 0.25) is 5.91 Å². The Balaban J connectivity index is 1.40. The molecule has 0 unspecified atom stereocenters. The quantitative estimate of drug-likeness (QED) is 0.575. The number of amides is 2. The highest BCUT2D eigenvalue weighted by Crippen LogP contribution is 2.14. The Kier molecular flexibility index (Phi) is 6.73. The highest BCUT2D eigenvalue weighted by molar-refractivity contribution is 5.97. The molecule has 0 bridgehead atoms. The largest absolute Gasteiger partial charge is 0.493 e. The maximum atomic E-state index is 12.3. The summed E-state index contributed by atoms with van der Waals surface area (Å²) in [7, 11) is 0. The van der Waals surface area contributed by atoms with Crippen LogP contribution >= 0.6 is 0 Å². The molecule has 2 amide bonds. The van der Waals surface area contributed by atoms with E-state index in [0.717, 1.165) is 22.7 Å². The summed E-state index contributed by atoms with van der Waals surface area (Å²) in [4.78, 5) is 33.1. The third-order valence-corrected chi connectivity index (χ3v) is 4.41. The van der Waals surface area contributed by atoms with E-state index >= 15 is 0 Å². The van der Waals surface area contributed by atoms with Gasteiger partial charge in [0.05, 0.1) is 35.4 Å². The van der Waals surface area contributed by atoms with Crippen LogP contribution in [0.2, 0.25) is 0 Å². The van der Waals surface area contributed by atoms with Gasteiger partial charge in [0, 0.05) is 18.7 Å². The standard InChI is InChI=1S/C22H24N4O3/c1-15-16(2)26-20-14-17(8-9-19(20)25-15)22(28)24-12-11-23-21(27)10-13-29-18-6-4-3-5-7-18/h3-9,14H,10-13H2,1-2H3,(H,23,27)(H,24,28). The second-order valence-electron chi connectivity index (χ2n) is 6.62. The number of fused-ring (bicyclic) bond motifs is 1. The van der Waals surface area contributed by atoms with Crippen molar-refractivity contribution in [2.75, 3.05) is 19.7 Å². The minimum Gasteiger partial charge on any atom is -0.493 e. The highest BCUT2D eigenvalue weighted by Gasteiger charge is 2.09. The predicted molar refractivity (Wildman–Crippen MR) is 111 cm³/mol. The lowest BCUT2D eigenvalue weighted by atomic mass is 10.1. The second-order valence-corrected chi connectivity index (χ2v) is 6.62. The molecule has 0 aliphatic rings. The van der Waals surface area contributed by atoms with Gasteiger partial charge < -0.3 is 15.4 Å². The Morgan fingerprint density at radius 1 is 0.897 bits per heavy atom. The van der Waals surface area contributed by atoms with Crippen molar-refractivity contribution in [2.45, 2.75) is 20.3 Å². The Hall–Kier alpha value is -3.48. The minimum atomic E-state index is -0.214. The first kappa shape index (κ1) is 20.3. The summed E-state index contributed by atoms with van der Waals surface area (Å²) < 4.78 is 5.49. The van der Waals surface area contributed by atoms with Crippen molar-refractivity contribution in [3.63, 3.8) is 0 Å². The van der Waals surface area contributed by atoms with Crippen molar-refractivity contribution >= 4 is 22.8 Å². The van der Waals surface area contributed by atoms with E-state index in [4.69, 9.17) is 4.74 Å². The number of aromatic nitrogens is 2. The van der Waals surface area contributed by atoms with E-state index in [1.54, 1.807) is 18.2 Å². The van der Waals surface area contributed by atoms with Gasteiger partial charge in [-0.2, -0.15) is 0 Å². The van der Waals surface area contributed by atoms with E-state index < -0.39 is 0 Å². The fraction of sp³-hybridized carbons (Fsp3) is 0.273. The molecule has 0 fully saturated rings. The number of ether oxygens (including phenoxy) is 1. The zero-order chi connectivity index (χ0) is 20.6. The fourth-order valence-corrected chi connectivity index (χ4v) is 2.72. The number of benzene rings is 2. The Labute approximate surface area is 169 Å². The van der Waals surface area contributed by atoms with E-state index in [1.807, 2.05) is 44.2 Å². The summed E-state index contributed by atoms with van der Waals surface area (Å²) in [6.45, 7) is 4.79. The van der Waals surface area contributed by atoms with Crippen LogP contribution in [0.3, 0.4) is 0 Å². The van der Waals surface area contributed by atoms with Crippen LogP contribution in [0.5, 0.6) is 5.75 Å². The molecule has 0 aliphatic heterocycles. The lowest BCUT2D eigenvalue weighted by Crippen LogP contribution is -2.35. The first-order valence-electron chi connectivity index (χ1n) is 9.50. The van der Waals surface area contributed by atoms with Gasteiger partial charge in [-0.25, -0.2) is 9.97 Å². The number of carbonyl (C=O) groups excluding carboxylic acids is 2. The normalized spacial score (nSPS) is 10.6. The van der Waals surface area contributed by atoms with Crippen molar-refractivity contribution in [1.82, 2.24) is 20.6 Å². The van der Waals surface area contributed by atoms with Crippen LogP contribution in [0.15, 0.2) is 48.5 Å². The third-order valence-electron chi connectivity index (χ3n) is 4.41. The first-order chi connectivity index (χ1) is 14.0. The molecule has 1 aromatic heterocycles. The number of para-hydroxylation sites is 1. The predicted octanol–water partition coefficient (Wildman–Crippen LogP) is 2.56. The smallest absolute Gasteiger partial charge is 0.251 e. The summed E-state index contributed by atoms with van der Waals surface area (Å²) in [5.41, 5.74) is 3.67. The molecule has 0 atom stereocenters. The van der Waals surface area contributed by atoms with Gasteiger partial charge in [-0.1, -0.05) is 18.2 Å². The van der Waals surface area contributed by atoms with Gasteiger partial charge in [-0.05, 0) is 44.2 Å². The number of hydrogen-bond donors (Lipinski definition) is 2. The van der Waals surface area contributed by atoms with Crippen LogP contribution in [0.1, 0.15) is 28.2 Å². The Morgan fingerprint density at radius 3 is 2.34 bits per heavy atom. The van der Waals surface area contributed by atoms with Crippen LogP contribution in [0.25, 0.3) is 11.0 Å². The van der Waals surface area contributed by atoms with Gasteiger partial charge >= 0.3 is 0 Å². The number of nitrogens with zero attached hydrogens (tertiary/aromatic N) is 2. The summed E-state index contributed by atoms with van der Waals surface area (Å²) in [6, 6.07) is 14.6. The summed E-state index contributed by atoms with van der Waals surface area (Å²) >= 11 is 0. The van der Waals surface area contributed by atoms with E-state index in [0.29, 0.717) is 30.8 Å². The van der Waals surface area contributed by atoms with E-state index in [1.165, 1.54) is 0 Å². The molecular formula is C22H24N4O3. The van der Waals surface area contributed by atoms with Crippen LogP contribution in [0.4, 0.5) is 0 Å². The third kappa shape index (κ3) is 5.75. The van der Waals surface area contributed by atoms with Gasteiger partial charge in [0.15, 0.2) is 0 Å². The monoisotopic (exact) mass is 392 g/mol.